The molecule has 2 aromatic heterocycles. The first-order chi connectivity index (χ1) is 15.2. The standard InChI is InChI=1S/C25H19ClN2OS2/c26-25-12-7-17(15-27-25)16-29-19-10-8-18(9-11-19)21-14-24(23-6-3-13-30-23)31-22-5-2-1-4-20(22)28-21/h1-13,15,24H,14,16H2. The number of pyridine rings is 1. The van der Waals surface area contributed by atoms with Crippen molar-refractivity contribution in [3.05, 3.63) is 106 Å². The molecule has 0 amide bonds. The fourth-order valence-corrected chi connectivity index (χ4v) is 5.69. The number of aliphatic imine (C=N–C) groups is 1. The molecule has 0 N–H and O–H groups in total. The van der Waals surface area contributed by atoms with Gasteiger partial charge in [0.1, 0.15) is 17.5 Å². The molecule has 0 saturated carbocycles. The van der Waals surface area contributed by atoms with Crippen molar-refractivity contribution in [3.63, 3.8) is 0 Å². The third-order valence-corrected chi connectivity index (χ3v) is 7.67. The molecule has 0 saturated heterocycles. The summed E-state index contributed by atoms with van der Waals surface area (Å²) in [5, 5.41) is 2.99. The largest absolute Gasteiger partial charge is 0.489 e. The minimum atomic E-state index is 0.357. The number of hydrogen-bond donors (Lipinski definition) is 0. The van der Waals surface area contributed by atoms with E-state index in [4.69, 9.17) is 21.3 Å². The summed E-state index contributed by atoms with van der Waals surface area (Å²) in [6.45, 7) is 0.453. The van der Waals surface area contributed by atoms with E-state index in [1.54, 1.807) is 12.3 Å². The van der Waals surface area contributed by atoms with Gasteiger partial charge in [-0.05, 0) is 59.5 Å². The van der Waals surface area contributed by atoms with Crippen molar-refractivity contribution in [2.45, 2.75) is 23.2 Å². The highest BCUT2D eigenvalue weighted by molar-refractivity contribution is 7.99. The highest BCUT2D eigenvalue weighted by Gasteiger charge is 2.23. The predicted molar refractivity (Wildman–Crippen MR) is 130 cm³/mol. The maximum absolute atomic E-state index is 5.91. The number of para-hydroxylation sites is 1. The van der Waals surface area contributed by atoms with Crippen molar-refractivity contribution >= 4 is 46.1 Å². The Balaban J connectivity index is 1.37. The Labute approximate surface area is 194 Å². The highest BCUT2D eigenvalue weighted by Crippen LogP contribution is 2.46. The number of nitrogens with zero attached hydrogens (tertiary/aromatic N) is 2. The van der Waals surface area contributed by atoms with Crippen molar-refractivity contribution in [1.82, 2.24) is 4.98 Å². The van der Waals surface area contributed by atoms with Gasteiger partial charge in [-0.25, -0.2) is 4.98 Å². The molecule has 1 unspecified atom stereocenters. The Morgan fingerprint density at radius 2 is 1.84 bits per heavy atom. The summed E-state index contributed by atoms with van der Waals surface area (Å²) >= 11 is 9.55. The molecule has 6 heteroatoms. The molecule has 0 spiro atoms. The quantitative estimate of drug-likeness (QED) is 0.284. The second-order valence-corrected chi connectivity index (χ2v) is 9.77. The lowest BCUT2D eigenvalue weighted by Crippen LogP contribution is -2.04. The Kier molecular flexibility index (Phi) is 6.07. The van der Waals surface area contributed by atoms with E-state index in [9.17, 15) is 0 Å². The van der Waals surface area contributed by atoms with E-state index in [0.29, 0.717) is 17.0 Å². The minimum Gasteiger partial charge on any atom is -0.489 e. The maximum Gasteiger partial charge on any atom is 0.129 e. The Morgan fingerprint density at radius 3 is 2.61 bits per heavy atom. The summed E-state index contributed by atoms with van der Waals surface area (Å²) in [6, 6.07) is 24.6. The van der Waals surface area contributed by atoms with E-state index >= 15 is 0 Å². The summed E-state index contributed by atoms with van der Waals surface area (Å²) in [4.78, 5) is 11.7. The maximum atomic E-state index is 5.91. The lowest BCUT2D eigenvalue weighted by Gasteiger charge is -2.14. The van der Waals surface area contributed by atoms with E-state index in [0.717, 1.165) is 34.7 Å². The van der Waals surface area contributed by atoms with Crippen molar-refractivity contribution in [2.75, 3.05) is 0 Å². The third-order valence-electron chi connectivity index (χ3n) is 5.01. The van der Waals surface area contributed by atoms with Gasteiger partial charge in [0.15, 0.2) is 0 Å². The molecule has 0 fully saturated rings. The van der Waals surface area contributed by atoms with Crippen LogP contribution in [0.5, 0.6) is 5.75 Å². The number of benzene rings is 2. The Hall–Kier alpha value is -2.60. The van der Waals surface area contributed by atoms with E-state index in [1.807, 2.05) is 41.3 Å². The molecule has 2 aromatic carbocycles. The molecule has 1 atom stereocenters. The van der Waals surface area contributed by atoms with Crippen molar-refractivity contribution in [3.8, 4) is 5.75 Å². The lowest BCUT2D eigenvalue weighted by molar-refractivity contribution is 0.306. The number of fused-ring (bicyclic) bond motifs is 1. The van der Waals surface area contributed by atoms with Crippen LogP contribution < -0.4 is 4.74 Å². The van der Waals surface area contributed by atoms with Crippen molar-refractivity contribution in [2.24, 2.45) is 4.99 Å². The van der Waals surface area contributed by atoms with Crippen LogP contribution in [-0.2, 0) is 6.61 Å². The fraction of sp³-hybridized carbons (Fsp3) is 0.120. The Morgan fingerprint density at radius 1 is 0.968 bits per heavy atom. The molecular weight excluding hydrogens is 444 g/mol. The third kappa shape index (κ3) is 4.85. The predicted octanol–water partition coefficient (Wildman–Crippen LogP) is 7.73. The lowest BCUT2D eigenvalue weighted by atomic mass is 10.0. The van der Waals surface area contributed by atoms with Crippen LogP contribution in [0, 0.1) is 0 Å². The van der Waals surface area contributed by atoms with Gasteiger partial charge >= 0.3 is 0 Å². The zero-order valence-electron chi connectivity index (χ0n) is 16.6. The molecule has 3 heterocycles. The molecule has 5 rings (SSSR count). The first-order valence-electron chi connectivity index (χ1n) is 9.95. The van der Waals surface area contributed by atoms with Crippen LogP contribution in [0.15, 0.2) is 94.3 Å². The van der Waals surface area contributed by atoms with Gasteiger partial charge in [-0.15, -0.1) is 23.1 Å². The molecule has 1 aliphatic rings. The van der Waals surface area contributed by atoms with Gasteiger partial charge in [0.05, 0.1) is 5.69 Å². The van der Waals surface area contributed by atoms with Gasteiger partial charge in [-0.3, -0.25) is 4.99 Å². The number of ether oxygens (including phenoxy) is 1. The summed E-state index contributed by atoms with van der Waals surface area (Å²) in [6.07, 6.45) is 2.62. The summed E-state index contributed by atoms with van der Waals surface area (Å²) in [5.41, 5.74) is 4.25. The smallest absolute Gasteiger partial charge is 0.129 e. The SMILES string of the molecule is Clc1ccc(COc2ccc(C3=Nc4ccccc4SC(c4cccs4)C3)cc2)cn1. The topological polar surface area (TPSA) is 34.5 Å². The number of thioether (sulfide) groups is 1. The normalized spacial score (nSPS) is 15.6. The number of thiophene rings is 1. The summed E-state index contributed by atoms with van der Waals surface area (Å²) < 4.78 is 5.91. The van der Waals surface area contributed by atoms with Crippen LogP contribution in [0.2, 0.25) is 5.15 Å². The first kappa shape index (κ1) is 20.3. The van der Waals surface area contributed by atoms with Crippen LogP contribution in [0.4, 0.5) is 5.69 Å². The number of halogens is 1. The summed E-state index contributed by atoms with van der Waals surface area (Å²) in [5.74, 6) is 0.817. The average Bonchev–Trinajstić information content (AvgIpc) is 3.27. The first-order valence-corrected chi connectivity index (χ1v) is 12.1. The van der Waals surface area contributed by atoms with Gasteiger partial charge in [-0.1, -0.05) is 35.9 Å². The van der Waals surface area contributed by atoms with Gasteiger partial charge in [0, 0.05) is 38.9 Å². The van der Waals surface area contributed by atoms with Crippen molar-refractivity contribution < 1.29 is 4.74 Å². The van der Waals surface area contributed by atoms with E-state index < -0.39 is 0 Å². The zero-order chi connectivity index (χ0) is 21.0. The Bertz CT molecular complexity index is 1190. The van der Waals surface area contributed by atoms with Gasteiger partial charge < -0.3 is 4.74 Å². The second kappa shape index (κ2) is 9.27. The molecule has 31 heavy (non-hydrogen) atoms. The molecule has 154 valence electrons. The zero-order valence-corrected chi connectivity index (χ0v) is 19.0. The molecule has 0 aliphatic carbocycles. The minimum absolute atomic E-state index is 0.357. The highest BCUT2D eigenvalue weighted by atomic mass is 35.5. The average molecular weight is 463 g/mol. The van der Waals surface area contributed by atoms with Crippen LogP contribution in [0.25, 0.3) is 0 Å². The summed E-state index contributed by atoms with van der Waals surface area (Å²) in [7, 11) is 0. The van der Waals surface area contributed by atoms with Crippen LogP contribution in [-0.4, -0.2) is 10.7 Å². The molecular formula is C25H19ClN2OS2. The van der Waals surface area contributed by atoms with Crippen LogP contribution in [0.1, 0.15) is 27.7 Å². The fourth-order valence-electron chi connectivity index (χ4n) is 3.43. The van der Waals surface area contributed by atoms with Gasteiger partial charge in [-0.2, -0.15) is 0 Å². The van der Waals surface area contributed by atoms with Gasteiger partial charge in [0.2, 0.25) is 0 Å². The van der Waals surface area contributed by atoms with Gasteiger partial charge in [0.25, 0.3) is 0 Å². The van der Waals surface area contributed by atoms with Crippen molar-refractivity contribution in [1.29, 1.82) is 0 Å². The number of aromatic nitrogens is 1. The molecule has 3 nitrogen and oxygen atoms in total. The monoisotopic (exact) mass is 462 g/mol. The van der Waals surface area contributed by atoms with Crippen LogP contribution >= 0.6 is 34.7 Å². The number of hydrogen-bond acceptors (Lipinski definition) is 5. The molecule has 0 radical (unpaired) electrons. The van der Waals surface area contributed by atoms with Crippen LogP contribution in [0.3, 0.4) is 0 Å². The molecule has 4 aromatic rings. The molecule has 0 bridgehead atoms. The number of rotatable bonds is 5. The van der Waals surface area contributed by atoms with E-state index in [1.165, 1.54) is 9.77 Å². The molecule has 1 aliphatic heterocycles. The van der Waals surface area contributed by atoms with E-state index in [2.05, 4.69) is 58.9 Å². The van der Waals surface area contributed by atoms with E-state index in [-0.39, 0.29) is 0 Å². The second-order valence-electron chi connectivity index (χ2n) is 7.15.